The summed E-state index contributed by atoms with van der Waals surface area (Å²) in [5.41, 5.74) is 0.295. The van der Waals surface area contributed by atoms with Gasteiger partial charge in [0.25, 0.3) is 0 Å². The molecule has 0 bridgehead atoms. The zero-order chi connectivity index (χ0) is 24.9. The predicted molar refractivity (Wildman–Crippen MR) is 143 cm³/mol. The summed E-state index contributed by atoms with van der Waals surface area (Å²) >= 11 is 6.07. The third kappa shape index (κ3) is 5.90. The molecule has 1 aromatic rings. The van der Waals surface area contributed by atoms with Gasteiger partial charge in [0.2, 0.25) is 0 Å². The van der Waals surface area contributed by atoms with Crippen LogP contribution in [0, 0.1) is 17.8 Å². The molecule has 6 heteroatoms. The summed E-state index contributed by atoms with van der Waals surface area (Å²) in [6.07, 6.45) is 9.39. The molecule has 0 spiro atoms. The van der Waals surface area contributed by atoms with Crippen molar-refractivity contribution in [2.24, 2.45) is 22.7 Å². The first kappa shape index (κ1) is 26.8. The maximum Gasteiger partial charge on any atom is 0.335 e. The number of nitrogens with zero attached hydrogens (tertiary/aromatic N) is 2. The van der Waals surface area contributed by atoms with Crippen LogP contribution < -0.4 is 5.32 Å². The Morgan fingerprint density at radius 1 is 1.24 bits per heavy atom. The van der Waals surface area contributed by atoms with Gasteiger partial charge in [-0.25, -0.2) is 4.79 Å². The summed E-state index contributed by atoms with van der Waals surface area (Å²) in [7, 11) is 1.51. The van der Waals surface area contributed by atoms with E-state index in [4.69, 9.17) is 21.3 Å². The van der Waals surface area contributed by atoms with Gasteiger partial charge in [0, 0.05) is 22.8 Å². The van der Waals surface area contributed by atoms with Crippen LogP contribution in [0.2, 0.25) is 5.02 Å². The number of nitrogens with one attached hydrogen (secondary N) is 1. The third-order valence-electron chi connectivity index (χ3n) is 7.86. The lowest BCUT2D eigenvalue weighted by molar-refractivity contribution is -0.150. The lowest BCUT2D eigenvalue weighted by atomic mass is 9.67. The number of unbranched alkanes of at least 4 members (excludes halogenated alkanes) is 1. The van der Waals surface area contributed by atoms with Gasteiger partial charge < -0.3 is 15.0 Å². The fourth-order valence-corrected chi connectivity index (χ4v) is 6.32. The standard InChI is InChI=1S/C28H44ClN3O2/c1-7-8-17-32-19-30-28(18-20(2)3,26(33)34-6)25(32)21-9-11-22(12-10-21)27(4,5)31-24-15-13-23(29)14-16-24/h13-16,19-22,25,31H,7-12,17-18H2,1-6H3. The molecule has 34 heavy (non-hydrogen) atoms. The Morgan fingerprint density at radius 2 is 1.88 bits per heavy atom. The number of esters is 1. The van der Waals surface area contributed by atoms with Crippen LogP contribution in [0.1, 0.15) is 79.6 Å². The van der Waals surface area contributed by atoms with E-state index in [1.165, 1.54) is 7.11 Å². The summed E-state index contributed by atoms with van der Waals surface area (Å²) < 4.78 is 5.36. The SMILES string of the molecule is CCCCN1C=NC(CC(C)C)(C(=O)OC)C1C1CCC(C(C)(C)Nc2ccc(Cl)cc2)CC1. The van der Waals surface area contributed by atoms with Crippen LogP contribution in [0.4, 0.5) is 5.69 Å². The van der Waals surface area contributed by atoms with Crippen LogP contribution >= 0.6 is 11.6 Å². The monoisotopic (exact) mass is 489 g/mol. The average molecular weight is 490 g/mol. The highest BCUT2D eigenvalue weighted by Crippen LogP contribution is 2.45. The van der Waals surface area contributed by atoms with Crippen molar-refractivity contribution >= 4 is 29.6 Å². The van der Waals surface area contributed by atoms with E-state index in [0.29, 0.717) is 17.8 Å². The smallest absolute Gasteiger partial charge is 0.335 e. The molecule has 1 N–H and O–H groups in total. The highest BCUT2D eigenvalue weighted by molar-refractivity contribution is 6.30. The number of methoxy groups -OCH3 is 1. The quantitative estimate of drug-likeness (QED) is 0.367. The molecule has 0 amide bonds. The van der Waals surface area contributed by atoms with Crippen molar-refractivity contribution < 1.29 is 9.53 Å². The molecule has 2 aliphatic rings. The number of benzene rings is 1. The Balaban J connectivity index is 1.76. The molecule has 0 saturated heterocycles. The van der Waals surface area contributed by atoms with Crippen LogP contribution in [-0.2, 0) is 9.53 Å². The van der Waals surface area contributed by atoms with Gasteiger partial charge in [-0.05, 0) is 94.4 Å². The maximum absolute atomic E-state index is 13.2. The van der Waals surface area contributed by atoms with Crippen LogP contribution in [0.5, 0.6) is 0 Å². The van der Waals surface area contributed by atoms with E-state index in [-0.39, 0.29) is 17.6 Å². The van der Waals surface area contributed by atoms with Crippen molar-refractivity contribution in [3.8, 4) is 0 Å². The number of halogens is 1. The Morgan fingerprint density at radius 3 is 2.44 bits per heavy atom. The van der Waals surface area contributed by atoms with Crippen LogP contribution in [-0.4, -0.2) is 48.0 Å². The van der Waals surface area contributed by atoms with E-state index >= 15 is 0 Å². The summed E-state index contributed by atoms with van der Waals surface area (Å²) in [5, 5.41) is 4.49. The van der Waals surface area contributed by atoms with Crippen molar-refractivity contribution in [1.82, 2.24) is 4.90 Å². The Hall–Kier alpha value is -1.75. The molecule has 1 saturated carbocycles. The van der Waals surface area contributed by atoms with Gasteiger partial charge in [-0.15, -0.1) is 0 Å². The molecule has 3 rings (SSSR count). The number of rotatable bonds is 10. The van der Waals surface area contributed by atoms with E-state index in [0.717, 1.165) is 62.2 Å². The lowest BCUT2D eigenvalue weighted by Crippen LogP contribution is -2.57. The molecule has 1 aromatic carbocycles. The average Bonchev–Trinajstić information content (AvgIpc) is 3.16. The van der Waals surface area contributed by atoms with E-state index in [1.807, 2.05) is 30.6 Å². The minimum atomic E-state index is -0.786. The topological polar surface area (TPSA) is 53.9 Å². The zero-order valence-electron chi connectivity index (χ0n) is 21.9. The molecule has 0 radical (unpaired) electrons. The maximum atomic E-state index is 13.2. The van der Waals surface area contributed by atoms with Crippen LogP contribution in [0.3, 0.4) is 0 Å². The molecule has 1 aliphatic carbocycles. The highest BCUT2D eigenvalue weighted by atomic mass is 35.5. The van der Waals surface area contributed by atoms with E-state index in [2.05, 4.69) is 44.8 Å². The lowest BCUT2D eigenvalue weighted by Gasteiger charge is -2.46. The molecule has 0 aromatic heterocycles. The van der Waals surface area contributed by atoms with Gasteiger partial charge >= 0.3 is 5.97 Å². The Bertz CT molecular complexity index is 831. The summed E-state index contributed by atoms with van der Waals surface area (Å²) in [4.78, 5) is 20.5. The number of ether oxygens (including phenoxy) is 1. The molecule has 5 nitrogen and oxygen atoms in total. The van der Waals surface area contributed by atoms with Gasteiger partial charge in [0.05, 0.1) is 19.5 Å². The van der Waals surface area contributed by atoms with E-state index in [1.54, 1.807) is 0 Å². The zero-order valence-corrected chi connectivity index (χ0v) is 22.7. The van der Waals surface area contributed by atoms with Gasteiger partial charge in [0.1, 0.15) is 0 Å². The van der Waals surface area contributed by atoms with E-state index < -0.39 is 5.54 Å². The molecule has 1 fully saturated rings. The summed E-state index contributed by atoms with van der Waals surface area (Å²) in [6.45, 7) is 12.1. The summed E-state index contributed by atoms with van der Waals surface area (Å²) in [6, 6.07) is 8.05. The molecular formula is C28H44ClN3O2. The first-order valence-electron chi connectivity index (χ1n) is 13.1. The number of hydrogen-bond acceptors (Lipinski definition) is 5. The molecule has 1 aliphatic heterocycles. The first-order valence-corrected chi connectivity index (χ1v) is 13.4. The van der Waals surface area contributed by atoms with Gasteiger partial charge in [-0.3, -0.25) is 4.99 Å². The molecule has 2 atom stereocenters. The second-order valence-electron chi connectivity index (χ2n) is 11.3. The Labute approximate surface area is 211 Å². The van der Waals surface area contributed by atoms with Crippen LogP contribution in [0.15, 0.2) is 29.3 Å². The van der Waals surface area contributed by atoms with Gasteiger partial charge in [-0.2, -0.15) is 0 Å². The number of hydrogen-bond donors (Lipinski definition) is 1. The van der Waals surface area contributed by atoms with Gasteiger partial charge in [-0.1, -0.05) is 38.8 Å². The molecule has 190 valence electrons. The van der Waals surface area contributed by atoms with Crippen LogP contribution in [0.25, 0.3) is 0 Å². The van der Waals surface area contributed by atoms with Crippen molar-refractivity contribution in [2.75, 3.05) is 19.0 Å². The number of carbonyl (C=O) groups is 1. The summed E-state index contributed by atoms with van der Waals surface area (Å²) in [5.74, 6) is 1.18. The predicted octanol–water partition coefficient (Wildman–Crippen LogP) is 6.81. The van der Waals surface area contributed by atoms with Crippen molar-refractivity contribution in [3.05, 3.63) is 29.3 Å². The first-order chi connectivity index (χ1) is 16.1. The number of carbonyl (C=O) groups excluding carboxylic acids is 1. The van der Waals surface area contributed by atoms with E-state index in [9.17, 15) is 4.79 Å². The fraction of sp³-hybridized carbons (Fsp3) is 0.714. The number of aliphatic imine (C=N–C) groups is 1. The molecule has 2 unspecified atom stereocenters. The van der Waals surface area contributed by atoms with Crippen molar-refractivity contribution in [1.29, 1.82) is 0 Å². The minimum Gasteiger partial charge on any atom is -0.467 e. The third-order valence-corrected chi connectivity index (χ3v) is 8.11. The van der Waals surface area contributed by atoms with Crippen molar-refractivity contribution in [3.63, 3.8) is 0 Å². The molecule has 1 heterocycles. The normalized spacial score (nSPS) is 27.3. The minimum absolute atomic E-state index is 0.0236. The second-order valence-corrected chi connectivity index (χ2v) is 11.7. The van der Waals surface area contributed by atoms with Gasteiger partial charge in [0.15, 0.2) is 5.54 Å². The molecular weight excluding hydrogens is 446 g/mol. The highest BCUT2D eigenvalue weighted by Gasteiger charge is 2.55. The fourth-order valence-electron chi connectivity index (χ4n) is 6.19. The van der Waals surface area contributed by atoms with Crippen molar-refractivity contribution in [2.45, 2.75) is 96.7 Å². The second kappa shape index (κ2) is 11.3. The number of anilines is 1. The largest absolute Gasteiger partial charge is 0.467 e. The Kier molecular flexibility index (Phi) is 8.94.